The molecule has 0 aromatic carbocycles. The third-order valence-electron chi connectivity index (χ3n) is 3.51. The molecule has 0 spiro atoms. The van der Waals surface area contributed by atoms with Crippen LogP contribution in [0.4, 0.5) is 0 Å². The molecule has 2 heterocycles. The van der Waals surface area contributed by atoms with Gasteiger partial charge in [0.1, 0.15) is 0 Å². The number of nitrogens with one attached hydrogen (secondary N) is 1. The van der Waals surface area contributed by atoms with Crippen molar-refractivity contribution in [2.45, 2.75) is 38.0 Å². The highest BCUT2D eigenvalue weighted by molar-refractivity contribution is 4.82. The van der Waals surface area contributed by atoms with Gasteiger partial charge in [0.05, 0.1) is 19.3 Å². The van der Waals surface area contributed by atoms with Crippen LogP contribution in [0.1, 0.15) is 19.8 Å². The number of rotatable bonds is 3. The Morgan fingerprint density at radius 2 is 2.25 bits per heavy atom. The molecule has 94 valence electrons. The van der Waals surface area contributed by atoms with Gasteiger partial charge in [0.15, 0.2) is 0 Å². The van der Waals surface area contributed by atoms with Crippen LogP contribution in [0.3, 0.4) is 0 Å². The van der Waals surface area contributed by atoms with E-state index in [-0.39, 0.29) is 0 Å². The lowest BCUT2D eigenvalue weighted by Crippen LogP contribution is -2.53. The molecule has 3 atom stereocenters. The lowest BCUT2D eigenvalue weighted by Gasteiger charge is -2.36. The number of likely N-dealkylation sites (N-methyl/N-ethyl adjacent to an activating group) is 1. The van der Waals surface area contributed by atoms with Crippen molar-refractivity contribution in [3.05, 3.63) is 0 Å². The zero-order valence-electron chi connectivity index (χ0n) is 10.4. The molecule has 2 aliphatic rings. The van der Waals surface area contributed by atoms with Gasteiger partial charge < -0.3 is 19.7 Å². The summed E-state index contributed by atoms with van der Waals surface area (Å²) in [5.41, 5.74) is 0. The predicted octanol–water partition coefficient (Wildman–Crippen LogP) is 0.474. The van der Waals surface area contributed by atoms with Gasteiger partial charge in [0.25, 0.3) is 0 Å². The van der Waals surface area contributed by atoms with Crippen molar-refractivity contribution in [1.29, 1.82) is 0 Å². The second-order valence-electron chi connectivity index (χ2n) is 5.04. The van der Waals surface area contributed by atoms with Crippen LogP contribution in [-0.4, -0.2) is 63.0 Å². The molecule has 0 saturated carbocycles. The molecular formula is C12H24N2O2. The Hall–Kier alpha value is -0.160. The summed E-state index contributed by atoms with van der Waals surface area (Å²) < 4.78 is 11.3. The van der Waals surface area contributed by atoms with E-state index < -0.39 is 0 Å². The van der Waals surface area contributed by atoms with Crippen LogP contribution >= 0.6 is 0 Å². The fourth-order valence-corrected chi connectivity index (χ4v) is 2.46. The number of morpholine rings is 1. The van der Waals surface area contributed by atoms with E-state index in [1.807, 2.05) is 0 Å². The molecular weight excluding hydrogens is 204 g/mol. The van der Waals surface area contributed by atoms with E-state index in [0.717, 1.165) is 32.9 Å². The molecule has 0 aromatic rings. The lowest BCUT2D eigenvalue weighted by atomic mass is 10.1. The predicted molar refractivity (Wildman–Crippen MR) is 63.7 cm³/mol. The van der Waals surface area contributed by atoms with Crippen molar-refractivity contribution in [1.82, 2.24) is 10.2 Å². The lowest BCUT2D eigenvalue weighted by molar-refractivity contribution is -0.0412. The van der Waals surface area contributed by atoms with E-state index in [2.05, 4.69) is 24.2 Å². The first kappa shape index (κ1) is 12.3. The molecule has 0 aliphatic carbocycles. The van der Waals surface area contributed by atoms with Crippen molar-refractivity contribution in [3.8, 4) is 0 Å². The van der Waals surface area contributed by atoms with Crippen molar-refractivity contribution >= 4 is 0 Å². The van der Waals surface area contributed by atoms with E-state index in [4.69, 9.17) is 9.47 Å². The van der Waals surface area contributed by atoms with E-state index in [9.17, 15) is 0 Å². The molecule has 2 aliphatic heterocycles. The Bertz CT molecular complexity index is 207. The maximum atomic E-state index is 5.81. The van der Waals surface area contributed by atoms with Crippen molar-refractivity contribution < 1.29 is 9.47 Å². The SMILES string of the molecule is CC(NC1CCCOC1)C1CN(C)CCO1. The minimum atomic E-state index is 0.320. The van der Waals surface area contributed by atoms with Gasteiger partial charge in [-0.2, -0.15) is 0 Å². The molecule has 2 fully saturated rings. The third-order valence-corrected chi connectivity index (χ3v) is 3.51. The third kappa shape index (κ3) is 3.42. The van der Waals surface area contributed by atoms with Gasteiger partial charge in [-0.05, 0) is 26.8 Å². The Balaban J connectivity index is 1.75. The maximum absolute atomic E-state index is 5.81. The molecule has 3 unspecified atom stereocenters. The van der Waals surface area contributed by atoms with Crippen molar-refractivity contribution in [2.75, 3.05) is 40.0 Å². The number of hydrogen-bond acceptors (Lipinski definition) is 4. The van der Waals surface area contributed by atoms with Crippen LogP contribution < -0.4 is 5.32 Å². The van der Waals surface area contributed by atoms with Crippen LogP contribution in [0.5, 0.6) is 0 Å². The fourth-order valence-electron chi connectivity index (χ4n) is 2.46. The van der Waals surface area contributed by atoms with E-state index >= 15 is 0 Å². The summed E-state index contributed by atoms with van der Waals surface area (Å²) in [5.74, 6) is 0. The topological polar surface area (TPSA) is 33.7 Å². The number of nitrogens with zero attached hydrogens (tertiary/aromatic N) is 1. The minimum absolute atomic E-state index is 0.320. The van der Waals surface area contributed by atoms with Crippen LogP contribution in [0.15, 0.2) is 0 Å². The zero-order valence-corrected chi connectivity index (χ0v) is 10.4. The van der Waals surface area contributed by atoms with Crippen molar-refractivity contribution in [2.24, 2.45) is 0 Å². The maximum Gasteiger partial charge on any atom is 0.0852 e. The number of ether oxygens (including phenoxy) is 2. The molecule has 0 aromatic heterocycles. The van der Waals surface area contributed by atoms with E-state index in [0.29, 0.717) is 18.2 Å². The molecule has 0 bridgehead atoms. The van der Waals surface area contributed by atoms with Gasteiger partial charge in [-0.15, -0.1) is 0 Å². The van der Waals surface area contributed by atoms with Crippen LogP contribution in [0, 0.1) is 0 Å². The summed E-state index contributed by atoms with van der Waals surface area (Å²) >= 11 is 0. The van der Waals surface area contributed by atoms with Crippen LogP contribution in [0.2, 0.25) is 0 Å². The van der Waals surface area contributed by atoms with Gasteiger partial charge in [-0.1, -0.05) is 0 Å². The largest absolute Gasteiger partial charge is 0.380 e. The summed E-state index contributed by atoms with van der Waals surface area (Å²) in [6.07, 6.45) is 2.73. The minimum Gasteiger partial charge on any atom is -0.380 e. The summed E-state index contributed by atoms with van der Waals surface area (Å²) in [6, 6.07) is 0.925. The summed E-state index contributed by atoms with van der Waals surface area (Å²) in [4.78, 5) is 2.34. The van der Waals surface area contributed by atoms with Gasteiger partial charge in [-0.25, -0.2) is 0 Å². The van der Waals surface area contributed by atoms with Gasteiger partial charge in [0, 0.05) is 31.8 Å². The molecule has 4 heteroatoms. The van der Waals surface area contributed by atoms with Crippen molar-refractivity contribution in [3.63, 3.8) is 0 Å². The standard InChI is InChI=1S/C12H24N2O2/c1-10(12-8-14(2)5-7-16-12)13-11-4-3-6-15-9-11/h10-13H,3-9H2,1-2H3. The highest BCUT2D eigenvalue weighted by Crippen LogP contribution is 2.11. The Kier molecular flexibility index (Phi) is 4.58. The van der Waals surface area contributed by atoms with E-state index in [1.165, 1.54) is 12.8 Å². The zero-order chi connectivity index (χ0) is 11.4. The fraction of sp³-hybridized carbons (Fsp3) is 1.00. The highest BCUT2D eigenvalue weighted by atomic mass is 16.5. The van der Waals surface area contributed by atoms with Gasteiger partial charge in [-0.3, -0.25) is 0 Å². The first-order chi connectivity index (χ1) is 7.75. The Morgan fingerprint density at radius 1 is 1.38 bits per heavy atom. The molecule has 2 rings (SSSR count). The average molecular weight is 228 g/mol. The summed E-state index contributed by atoms with van der Waals surface area (Å²) in [6.45, 7) is 6.94. The van der Waals surface area contributed by atoms with Crippen LogP contribution in [0.25, 0.3) is 0 Å². The first-order valence-electron chi connectivity index (χ1n) is 6.39. The van der Waals surface area contributed by atoms with Gasteiger partial charge >= 0.3 is 0 Å². The summed E-state index contributed by atoms with van der Waals surface area (Å²) in [7, 11) is 2.16. The monoisotopic (exact) mass is 228 g/mol. The molecule has 1 N–H and O–H groups in total. The molecule has 0 amide bonds. The molecule has 4 nitrogen and oxygen atoms in total. The second-order valence-corrected chi connectivity index (χ2v) is 5.04. The highest BCUT2D eigenvalue weighted by Gasteiger charge is 2.26. The second kappa shape index (κ2) is 5.96. The van der Waals surface area contributed by atoms with Crippen LogP contribution in [-0.2, 0) is 9.47 Å². The molecule has 2 saturated heterocycles. The smallest absolute Gasteiger partial charge is 0.0852 e. The first-order valence-corrected chi connectivity index (χ1v) is 6.39. The quantitative estimate of drug-likeness (QED) is 0.761. The molecule has 16 heavy (non-hydrogen) atoms. The Labute approximate surface area is 98.3 Å². The summed E-state index contributed by atoms with van der Waals surface area (Å²) in [5, 5.41) is 3.63. The average Bonchev–Trinajstić information content (AvgIpc) is 2.30. The van der Waals surface area contributed by atoms with E-state index in [1.54, 1.807) is 0 Å². The van der Waals surface area contributed by atoms with Gasteiger partial charge in [0.2, 0.25) is 0 Å². The molecule has 0 radical (unpaired) electrons. The Morgan fingerprint density at radius 3 is 2.94 bits per heavy atom. The number of hydrogen-bond donors (Lipinski definition) is 1. The normalized spacial score (nSPS) is 34.9.